The molecule has 0 saturated heterocycles. The van der Waals surface area contributed by atoms with Gasteiger partial charge in [-0.05, 0) is 42.7 Å². The standard InChI is InChI=1S/C23H23ClN2O5S/c1-26-20-16(4-3-5-19(20)31-14-23(10-11-23)32(2,29)30)12-18(22(26)28)21(27)25-13-15-6-8-17(24)9-7-15/h3-9,12H,10-11,13-14H2,1-2H3,(H,25,27). The Balaban J connectivity index is 1.60. The number of nitrogens with one attached hydrogen (secondary N) is 1. The molecule has 1 aliphatic rings. The van der Waals surface area contributed by atoms with Gasteiger partial charge in [0.1, 0.15) is 22.7 Å². The van der Waals surface area contributed by atoms with Crippen LogP contribution in [0.2, 0.25) is 5.02 Å². The van der Waals surface area contributed by atoms with Crippen molar-refractivity contribution in [3.05, 3.63) is 75.0 Å². The molecule has 7 nitrogen and oxygen atoms in total. The number of fused-ring (bicyclic) bond motifs is 1. The highest BCUT2D eigenvalue weighted by Gasteiger charge is 2.53. The van der Waals surface area contributed by atoms with E-state index in [2.05, 4.69) is 5.32 Å². The van der Waals surface area contributed by atoms with Gasteiger partial charge < -0.3 is 14.6 Å². The van der Waals surface area contributed by atoms with E-state index in [0.717, 1.165) is 5.56 Å². The summed E-state index contributed by atoms with van der Waals surface area (Å²) in [5, 5.41) is 4.01. The third kappa shape index (κ3) is 4.25. The van der Waals surface area contributed by atoms with Crippen molar-refractivity contribution < 1.29 is 17.9 Å². The highest BCUT2D eigenvalue weighted by atomic mass is 35.5. The summed E-state index contributed by atoms with van der Waals surface area (Å²) in [6.45, 7) is 0.288. The fourth-order valence-electron chi connectivity index (χ4n) is 3.64. The van der Waals surface area contributed by atoms with Crippen molar-refractivity contribution in [2.75, 3.05) is 12.9 Å². The van der Waals surface area contributed by atoms with Crippen LogP contribution in [-0.4, -0.2) is 36.5 Å². The van der Waals surface area contributed by atoms with Crippen molar-refractivity contribution in [1.29, 1.82) is 0 Å². The lowest BCUT2D eigenvalue weighted by Gasteiger charge is -2.17. The number of para-hydroxylation sites is 1. The zero-order valence-electron chi connectivity index (χ0n) is 17.7. The van der Waals surface area contributed by atoms with E-state index >= 15 is 0 Å². The minimum Gasteiger partial charge on any atom is -0.490 e. The van der Waals surface area contributed by atoms with E-state index in [-0.39, 0.29) is 18.7 Å². The molecule has 0 atom stereocenters. The normalized spacial score (nSPS) is 14.8. The van der Waals surface area contributed by atoms with E-state index in [4.69, 9.17) is 16.3 Å². The van der Waals surface area contributed by atoms with Gasteiger partial charge in [0.2, 0.25) is 0 Å². The van der Waals surface area contributed by atoms with Crippen LogP contribution in [-0.2, 0) is 23.4 Å². The predicted molar refractivity (Wildman–Crippen MR) is 124 cm³/mol. The summed E-state index contributed by atoms with van der Waals surface area (Å²) in [6, 6.07) is 13.8. The van der Waals surface area contributed by atoms with Crippen LogP contribution in [0, 0.1) is 0 Å². The molecule has 1 N–H and O–H groups in total. The third-order valence-corrected chi connectivity index (χ3v) is 8.25. The Hall–Kier alpha value is -2.84. The number of benzene rings is 2. The number of nitrogens with zero attached hydrogens (tertiary/aromatic N) is 1. The van der Waals surface area contributed by atoms with Gasteiger partial charge in [0.15, 0.2) is 9.84 Å². The molecule has 2 aromatic carbocycles. The monoisotopic (exact) mass is 474 g/mol. The van der Waals surface area contributed by atoms with Crippen LogP contribution in [0.4, 0.5) is 0 Å². The van der Waals surface area contributed by atoms with Crippen LogP contribution in [0.5, 0.6) is 5.75 Å². The first-order chi connectivity index (χ1) is 15.1. The molecule has 0 radical (unpaired) electrons. The maximum atomic E-state index is 12.9. The molecule has 1 aromatic heterocycles. The predicted octanol–water partition coefficient (Wildman–Crippen LogP) is 3.08. The number of hydrogen-bond donors (Lipinski definition) is 1. The number of aromatic nitrogens is 1. The van der Waals surface area contributed by atoms with E-state index in [1.807, 2.05) is 0 Å². The Bertz CT molecular complexity index is 1360. The molecule has 0 aliphatic heterocycles. The fourth-order valence-corrected chi connectivity index (χ4v) is 4.89. The lowest BCUT2D eigenvalue weighted by Crippen LogP contribution is -2.32. The van der Waals surface area contributed by atoms with Crippen LogP contribution in [0.25, 0.3) is 10.9 Å². The average molecular weight is 475 g/mol. The molecule has 1 aliphatic carbocycles. The van der Waals surface area contributed by atoms with Crippen LogP contribution in [0.15, 0.2) is 53.3 Å². The summed E-state index contributed by atoms with van der Waals surface area (Å²) in [4.78, 5) is 25.7. The van der Waals surface area contributed by atoms with E-state index in [1.165, 1.54) is 16.9 Å². The first-order valence-electron chi connectivity index (χ1n) is 10.1. The molecule has 0 bridgehead atoms. The van der Waals surface area contributed by atoms with Crippen molar-refractivity contribution in [2.45, 2.75) is 24.1 Å². The minimum absolute atomic E-state index is 0.0147. The van der Waals surface area contributed by atoms with Gasteiger partial charge in [-0.25, -0.2) is 8.42 Å². The second-order valence-corrected chi connectivity index (χ2v) is 11.0. The number of rotatable bonds is 7. The molecule has 9 heteroatoms. The fraction of sp³-hybridized carbons (Fsp3) is 0.304. The zero-order chi connectivity index (χ0) is 23.1. The van der Waals surface area contributed by atoms with Crippen molar-refractivity contribution in [1.82, 2.24) is 9.88 Å². The van der Waals surface area contributed by atoms with Crippen LogP contribution in [0.3, 0.4) is 0 Å². The number of carbonyl (C=O) groups excluding carboxylic acids is 1. The largest absolute Gasteiger partial charge is 0.490 e. The highest BCUT2D eigenvalue weighted by molar-refractivity contribution is 7.92. The van der Waals surface area contributed by atoms with Gasteiger partial charge in [0.05, 0.1) is 5.52 Å². The van der Waals surface area contributed by atoms with E-state index in [0.29, 0.717) is 34.5 Å². The van der Waals surface area contributed by atoms with Gasteiger partial charge in [0, 0.05) is 30.3 Å². The highest BCUT2D eigenvalue weighted by Crippen LogP contribution is 2.43. The first kappa shape index (κ1) is 22.4. The summed E-state index contributed by atoms with van der Waals surface area (Å²) in [6.07, 6.45) is 2.35. The molecule has 1 fully saturated rings. The summed E-state index contributed by atoms with van der Waals surface area (Å²) in [5.74, 6) is -0.0760. The average Bonchev–Trinajstić information content (AvgIpc) is 3.55. The number of aryl methyl sites for hydroxylation is 1. The molecule has 1 heterocycles. The number of amides is 1. The van der Waals surface area contributed by atoms with E-state index < -0.39 is 26.1 Å². The minimum atomic E-state index is -3.24. The number of carbonyl (C=O) groups is 1. The molecular weight excluding hydrogens is 452 g/mol. The van der Waals surface area contributed by atoms with Gasteiger partial charge in [-0.2, -0.15) is 0 Å². The number of pyridine rings is 1. The maximum Gasteiger partial charge on any atom is 0.263 e. The van der Waals surface area contributed by atoms with Gasteiger partial charge in [-0.3, -0.25) is 9.59 Å². The van der Waals surface area contributed by atoms with Gasteiger partial charge in [-0.1, -0.05) is 35.9 Å². The molecule has 4 rings (SSSR count). The molecule has 1 saturated carbocycles. The topological polar surface area (TPSA) is 94.5 Å². The van der Waals surface area contributed by atoms with Crippen LogP contribution in [0.1, 0.15) is 28.8 Å². The molecular formula is C23H23ClN2O5S. The Morgan fingerprint density at radius 2 is 1.88 bits per heavy atom. The smallest absolute Gasteiger partial charge is 0.263 e. The van der Waals surface area contributed by atoms with Crippen LogP contribution < -0.4 is 15.6 Å². The molecule has 168 valence electrons. The van der Waals surface area contributed by atoms with E-state index in [9.17, 15) is 18.0 Å². The molecule has 0 spiro atoms. The van der Waals surface area contributed by atoms with Gasteiger partial charge in [0.25, 0.3) is 11.5 Å². The zero-order valence-corrected chi connectivity index (χ0v) is 19.3. The van der Waals surface area contributed by atoms with Crippen molar-refractivity contribution in [3.8, 4) is 5.75 Å². The lowest BCUT2D eigenvalue weighted by molar-refractivity contribution is 0.0949. The third-order valence-electron chi connectivity index (χ3n) is 5.90. The molecule has 3 aromatic rings. The second kappa shape index (κ2) is 8.26. The van der Waals surface area contributed by atoms with Crippen molar-refractivity contribution in [3.63, 3.8) is 0 Å². The Labute approximate surface area is 190 Å². The van der Waals surface area contributed by atoms with Crippen molar-refractivity contribution >= 4 is 38.2 Å². The quantitative estimate of drug-likeness (QED) is 0.568. The summed E-state index contributed by atoms with van der Waals surface area (Å²) < 4.78 is 30.5. The summed E-state index contributed by atoms with van der Waals surface area (Å²) in [7, 11) is -1.67. The maximum absolute atomic E-state index is 12.9. The first-order valence-corrected chi connectivity index (χ1v) is 12.4. The van der Waals surface area contributed by atoms with E-state index in [1.54, 1.807) is 49.5 Å². The van der Waals surface area contributed by atoms with Gasteiger partial charge in [-0.15, -0.1) is 0 Å². The van der Waals surface area contributed by atoms with Gasteiger partial charge >= 0.3 is 0 Å². The van der Waals surface area contributed by atoms with Crippen molar-refractivity contribution in [2.24, 2.45) is 7.05 Å². The molecule has 1 amide bonds. The lowest BCUT2D eigenvalue weighted by atomic mass is 10.1. The number of sulfone groups is 1. The molecule has 32 heavy (non-hydrogen) atoms. The summed E-state index contributed by atoms with van der Waals surface area (Å²) >= 11 is 5.88. The number of halogens is 1. The number of hydrogen-bond acceptors (Lipinski definition) is 5. The SMILES string of the molecule is Cn1c(=O)c(C(=O)NCc2ccc(Cl)cc2)cc2cccc(OCC3(S(C)(=O)=O)CC3)c21. The Kier molecular flexibility index (Phi) is 5.77. The number of ether oxygens (including phenoxy) is 1. The Morgan fingerprint density at radius 1 is 1.19 bits per heavy atom. The van der Waals surface area contributed by atoms with Crippen LogP contribution >= 0.6 is 11.6 Å². The summed E-state index contributed by atoms with van der Waals surface area (Å²) in [5.41, 5.74) is 0.916. The second-order valence-electron chi connectivity index (χ2n) is 8.17. The molecule has 0 unspecified atom stereocenters. The Morgan fingerprint density at radius 3 is 2.50 bits per heavy atom.